The summed E-state index contributed by atoms with van der Waals surface area (Å²) < 4.78 is 21.2. The van der Waals surface area contributed by atoms with E-state index in [1.807, 2.05) is 72.8 Å². The number of carbonyl (C=O) groups is 4. The zero-order valence-electron chi connectivity index (χ0n) is 33.8. The van der Waals surface area contributed by atoms with Crippen LogP contribution in [0.4, 0.5) is 0 Å². The molecule has 0 aliphatic heterocycles. The molecule has 0 unspecified atom stereocenters. The Hall–Kier alpha value is -5.94. The minimum absolute atomic E-state index is 0.101. The van der Waals surface area contributed by atoms with E-state index in [0.29, 0.717) is 0 Å². The second-order valence-electron chi connectivity index (χ2n) is 15.1. The van der Waals surface area contributed by atoms with Gasteiger partial charge in [0, 0.05) is 0 Å². The van der Waals surface area contributed by atoms with Crippen LogP contribution < -0.4 is 31.8 Å². The fourth-order valence-electron chi connectivity index (χ4n) is 8.93. The number of rotatable bonds is 11. The monoisotopic (exact) mass is 834 g/mol. The number of hydrogen-bond donors (Lipinski definition) is 0. The van der Waals surface area contributed by atoms with Crippen LogP contribution in [0.15, 0.2) is 146 Å². The van der Waals surface area contributed by atoms with Gasteiger partial charge in [0.25, 0.3) is 0 Å². The first-order chi connectivity index (χ1) is 29.2. The number of methoxy groups -OCH3 is 4. The van der Waals surface area contributed by atoms with Crippen LogP contribution in [0.5, 0.6) is 0 Å². The van der Waals surface area contributed by atoms with E-state index in [0.717, 1.165) is 65.2 Å². The van der Waals surface area contributed by atoms with Crippen LogP contribution in [0.2, 0.25) is 0 Å². The highest BCUT2D eigenvalue weighted by atomic mass is 31.1. The Kier molecular flexibility index (Phi) is 11.5. The van der Waals surface area contributed by atoms with Gasteiger partial charge in [0.1, 0.15) is 0 Å². The predicted octanol–water partition coefficient (Wildman–Crippen LogP) is 5.73. The minimum Gasteiger partial charge on any atom is -0.468 e. The van der Waals surface area contributed by atoms with Crippen LogP contribution >= 0.6 is 15.8 Å². The average molecular weight is 835 g/mol. The Morgan fingerprint density at radius 2 is 0.617 bits per heavy atom. The van der Waals surface area contributed by atoms with Crippen molar-refractivity contribution < 1.29 is 38.1 Å². The third-order valence-electron chi connectivity index (χ3n) is 11.7. The van der Waals surface area contributed by atoms with Gasteiger partial charge in [-0.2, -0.15) is 0 Å². The molecule has 8 rings (SSSR count). The third kappa shape index (κ3) is 7.12. The van der Waals surface area contributed by atoms with Gasteiger partial charge in [0.05, 0.1) is 28.4 Å². The number of esters is 4. The summed E-state index contributed by atoms with van der Waals surface area (Å²) in [5, 5.41) is 6.56. The van der Waals surface area contributed by atoms with E-state index >= 15 is 0 Å². The topological polar surface area (TPSA) is 105 Å². The van der Waals surface area contributed by atoms with Crippen molar-refractivity contribution >= 4 is 71.5 Å². The van der Waals surface area contributed by atoms with Crippen molar-refractivity contribution in [3.63, 3.8) is 0 Å². The van der Waals surface area contributed by atoms with Crippen molar-refractivity contribution in [2.45, 2.75) is 25.7 Å². The number of ether oxygens (including phenoxy) is 4. The van der Waals surface area contributed by atoms with E-state index in [-0.39, 0.29) is 25.7 Å². The standard InChI is InChI=1S/C50H44O8P2/c1-55-45(51)49(46(52)56-2)29-33-25-41(43(27-35(33)31-49)59(37-17-9-5-10-18-37)38-19-11-6-12-20-38)42-26-34-30-50(47(53)57-3,48(54)58-4)32-36(34)28-44(42)60(39-21-13-7-14-22-39)40-23-15-8-16-24-40/h5-28H,29-32H2,1-4H3. The molecule has 10 heteroatoms. The van der Waals surface area contributed by atoms with Gasteiger partial charge in [-0.1, -0.05) is 133 Å². The molecule has 0 saturated heterocycles. The second kappa shape index (κ2) is 17.0. The SMILES string of the molecule is COC(=O)C1(C(=O)OC)Cc2cc(-c3cc4c(cc3P(c3ccccc3)c3ccccc3)CC(C(=O)OC)(C(=O)OC)C4)c(P(c3ccccc3)c3ccccc3)cc2C1. The summed E-state index contributed by atoms with van der Waals surface area (Å²) in [6.45, 7) is 0. The molecule has 0 radical (unpaired) electrons. The van der Waals surface area contributed by atoms with Crippen molar-refractivity contribution in [3.8, 4) is 11.1 Å². The number of carbonyl (C=O) groups excluding carboxylic acids is 4. The lowest BCUT2D eigenvalue weighted by Crippen LogP contribution is -2.42. The summed E-state index contributed by atoms with van der Waals surface area (Å²) in [4.78, 5) is 54.5. The molecular weight excluding hydrogens is 790 g/mol. The Morgan fingerprint density at radius 1 is 0.383 bits per heavy atom. The molecule has 0 amide bonds. The van der Waals surface area contributed by atoms with Gasteiger partial charge in [0.2, 0.25) is 0 Å². The van der Waals surface area contributed by atoms with Gasteiger partial charge in [0.15, 0.2) is 10.8 Å². The summed E-state index contributed by atoms with van der Waals surface area (Å²) in [5.74, 6) is -2.56. The van der Waals surface area contributed by atoms with Gasteiger partial charge >= 0.3 is 23.9 Å². The van der Waals surface area contributed by atoms with Crippen LogP contribution in [0.25, 0.3) is 11.1 Å². The highest BCUT2D eigenvalue weighted by Gasteiger charge is 2.54. The van der Waals surface area contributed by atoms with E-state index in [1.54, 1.807) is 0 Å². The fourth-order valence-corrected chi connectivity index (χ4v) is 13.9. The van der Waals surface area contributed by atoms with E-state index in [2.05, 4.69) is 72.8 Å². The maximum atomic E-state index is 13.6. The molecule has 302 valence electrons. The van der Waals surface area contributed by atoms with Crippen molar-refractivity contribution in [2.24, 2.45) is 10.8 Å². The first-order valence-electron chi connectivity index (χ1n) is 19.6. The van der Waals surface area contributed by atoms with Gasteiger partial charge in [-0.3, -0.25) is 19.2 Å². The first kappa shape index (κ1) is 40.8. The lowest BCUT2D eigenvalue weighted by Gasteiger charge is -2.28. The highest BCUT2D eigenvalue weighted by molar-refractivity contribution is 7.80. The van der Waals surface area contributed by atoms with E-state index in [4.69, 9.17) is 18.9 Å². The van der Waals surface area contributed by atoms with Crippen molar-refractivity contribution in [3.05, 3.63) is 168 Å². The molecule has 0 bridgehead atoms. The predicted molar refractivity (Wildman–Crippen MR) is 237 cm³/mol. The summed E-state index contributed by atoms with van der Waals surface area (Å²) in [6.07, 6.45) is 0.452. The molecule has 2 aliphatic rings. The molecule has 0 fully saturated rings. The zero-order valence-corrected chi connectivity index (χ0v) is 35.6. The maximum Gasteiger partial charge on any atom is 0.323 e. The van der Waals surface area contributed by atoms with E-state index in [1.165, 1.54) is 28.4 Å². The summed E-state index contributed by atoms with van der Waals surface area (Å²) in [5.41, 5.74) is 2.19. The Bertz CT molecular complexity index is 2290. The molecule has 0 spiro atoms. The molecule has 6 aromatic rings. The highest BCUT2D eigenvalue weighted by Crippen LogP contribution is 2.48. The Morgan fingerprint density at radius 3 is 0.850 bits per heavy atom. The number of fused-ring (bicyclic) bond motifs is 2. The van der Waals surface area contributed by atoms with Crippen LogP contribution in [0.1, 0.15) is 22.3 Å². The molecule has 0 saturated carbocycles. The third-order valence-corrected chi connectivity index (χ3v) is 16.7. The number of hydrogen-bond acceptors (Lipinski definition) is 8. The molecule has 2 aliphatic carbocycles. The van der Waals surface area contributed by atoms with Crippen LogP contribution in [-0.4, -0.2) is 52.3 Å². The van der Waals surface area contributed by atoms with Gasteiger partial charge in [-0.05, 0) is 119 Å². The summed E-state index contributed by atoms with van der Waals surface area (Å²) >= 11 is 0. The second-order valence-corrected chi connectivity index (χ2v) is 19.5. The number of benzene rings is 6. The van der Waals surface area contributed by atoms with Crippen LogP contribution in [-0.2, 0) is 63.8 Å². The van der Waals surface area contributed by atoms with E-state index in [9.17, 15) is 19.2 Å². The molecule has 0 heterocycles. The van der Waals surface area contributed by atoms with Gasteiger partial charge < -0.3 is 18.9 Å². The molecule has 0 atom stereocenters. The van der Waals surface area contributed by atoms with Crippen molar-refractivity contribution in [2.75, 3.05) is 28.4 Å². The lowest BCUT2D eigenvalue weighted by molar-refractivity contribution is -0.170. The van der Waals surface area contributed by atoms with Gasteiger partial charge in [-0.15, -0.1) is 0 Å². The molecule has 0 N–H and O–H groups in total. The van der Waals surface area contributed by atoms with Crippen molar-refractivity contribution in [1.82, 2.24) is 0 Å². The molecule has 6 aromatic carbocycles. The maximum absolute atomic E-state index is 13.6. The molecule has 0 aromatic heterocycles. The minimum atomic E-state index is -1.55. The largest absolute Gasteiger partial charge is 0.468 e. The summed E-state index contributed by atoms with van der Waals surface area (Å²) in [7, 11) is 2.73. The summed E-state index contributed by atoms with van der Waals surface area (Å²) in [6, 6.07) is 50.2. The van der Waals surface area contributed by atoms with Gasteiger partial charge in [-0.25, -0.2) is 0 Å². The van der Waals surface area contributed by atoms with E-state index < -0.39 is 50.6 Å². The Balaban J connectivity index is 1.48. The normalized spacial score (nSPS) is 14.6. The Labute approximate surface area is 352 Å². The smallest absolute Gasteiger partial charge is 0.323 e. The molecular formula is C50H44O8P2. The average Bonchev–Trinajstić information content (AvgIpc) is 3.89. The fraction of sp³-hybridized carbons (Fsp3) is 0.200. The zero-order chi connectivity index (χ0) is 42.0. The quantitative estimate of drug-likeness (QED) is 0.0706. The molecule has 60 heavy (non-hydrogen) atoms. The van der Waals surface area contributed by atoms with Crippen LogP contribution in [0, 0.1) is 10.8 Å². The van der Waals surface area contributed by atoms with Crippen molar-refractivity contribution in [1.29, 1.82) is 0 Å². The first-order valence-corrected chi connectivity index (χ1v) is 22.3. The van der Waals surface area contributed by atoms with Crippen LogP contribution in [0.3, 0.4) is 0 Å². The lowest BCUT2D eigenvalue weighted by atomic mass is 9.84. The molecule has 8 nitrogen and oxygen atoms in total.